The number of phenolic OH excluding ortho intramolecular Hbond substituents is 1. The molecule has 0 radical (unpaired) electrons. The minimum atomic E-state index is -2.29. The van der Waals surface area contributed by atoms with Gasteiger partial charge in [-0.15, -0.1) is 0 Å². The van der Waals surface area contributed by atoms with E-state index in [1.807, 2.05) is 60.4 Å². The van der Waals surface area contributed by atoms with E-state index in [4.69, 9.17) is 9.47 Å². The van der Waals surface area contributed by atoms with Crippen molar-refractivity contribution in [1.29, 1.82) is 0 Å². The summed E-state index contributed by atoms with van der Waals surface area (Å²) < 4.78 is 11.9. The highest BCUT2D eigenvalue weighted by atomic mass is 16.5. The molecule has 3 fully saturated rings. The number of carbonyl (C=O) groups is 7. The second-order valence-electron chi connectivity index (χ2n) is 23.0. The number of benzene rings is 4. The van der Waals surface area contributed by atoms with E-state index in [1.54, 1.807) is 19.2 Å². The Morgan fingerprint density at radius 1 is 0.659 bits per heavy atom. The molecule has 4 aromatic carbocycles. The van der Waals surface area contributed by atoms with E-state index in [-0.39, 0.29) is 36.6 Å². The van der Waals surface area contributed by atoms with Crippen LogP contribution in [0.5, 0.6) is 11.5 Å². The van der Waals surface area contributed by atoms with Crippen molar-refractivity contribution in [2.75, 3.05) is 46.4 Å². The Kier molecular flexibility index (Phi) is 24.0. The van der Waals surface area contributed by atoms with Gasteiger partial charge in [-0.1, -0.05) is 94.3 Å². The monoisotopic (exact) mass is 1220 g/mol. The standard InChI is InChI=1S/C63H84N8O17/c1-7-9-10-28-87-45-25-21-40(22-26-45)38-13-11-37(12-14-38)39-15-17-42(18-16-39)56(80)64-46-31-48(76)61(88-29-27-69(6)8-2)68-60(84)52-53(77)34(3)32-71(52)63(86)50(36(5)73)66-59(83)51(55(79)54(78)41-19-23-43(74)24-20-41)67-58(82)47-30-44(75)33-70(47)62(85)49(35(4)72)65-57(46)81/h11-26,34-36,44,46-55,61,72-79H,7-10,27-33H2,1-6H3,(H,64,80)(H,65,81)(H,66,83)(H,67,82)(H,68,84)/t34-,35+,36+,44+,46-,47-,48+,49-,50-,51-,52-,53-,54-,55-,61+/m0/s1. The quantitative estimate of drug-likeness (QED) is 0.0552. The summed E-state index contributed by atoms with van der Waals surface area (Å²) in [5, 5.41) is 103. The van der Waals surface area contributed by atoms with Gasteiger partial charge < -0.3 is 91.6 Å². The summed E-state index contributed by atoms with van der Waals surface area (Å²) in [5.41, 5.74) is 3.48. The number of rotatable bonds is 19. The number of nitrogens with zero attached hydrogens (tertiary/aromatic N) is 3. The number of hydrogen-bond donors (Lipinski definition) is 13. The third kappa shape index (κ3) is 17.0. The average Bonchev–Trinajstić information content (AvgIpc) is 3.31. The Morgan fingerprint density at radius 2 is 1.20 bits per heavy atom. The van der Waals surface area contributed by atoms with E-state index in [2.05, 4.69) is 33.5 Å². The summed E-state index contributed by atoms with van der Waals surface area (Å²) in [4.78, 5) is 106. The summed E-state index contributed by atoms with van der Waals surface area (Å²) in [6.45, 7) is 8.17. The highest BCUT2D eigenvalue weighted by molar-refractivity contribution is 6.00. The smallest absolute Gasteiger partial charge is 0.251 e. The van der Waals surface area contributed by atoms with E-state index in [0.717, 1.165) is 70.9 Å². The number of unbranched alkanes of at least 4 members (excludes halogenated alkanes) is 2. The predicted octanol–water partition coefficient (Wildman–Crippen LogP) is 0.0489. The molecule has 7 amide bonds. The minimum absolute atomic E-state index is 0.0466. The number of phenols is 1. The molecule has 3 heterocycles. The molecule has 478 valence electrons. The maximum atomic E-state index is 14.8. The average molecular weight is 1230 g/mol. The lowest BCUT2D eigenvalue weighted by Gasteiger charge is -2.34. The molecule has 0 bridgehead atoms. The fraction of sp³-hybridized carbons (Fsp3) is 0.508. The lowest BCUT2D eigenvalue weighted by molar-refractivity contribution is -0.149. The highest BCUT2D eigenvalue weighted by Gasteiger charge is 2.50. The van der Waals surface area contributed by atoms with E-state index < -0.39 is 152 Å². The molecule has 4 aromatic rings. The molecule has 0 aromatic heterocycles. The Morgan fingerprint density at radius 3 is 1.77 bits per heavy atom. The van der Waals surface area contributed by atoms with Crippen molar-refractivity contribution >= 4 is 41.4 Å². The number of aliphatic hydroxyl groups excluding tert-OH is 7. The first-order valence-electron chi connectivity index (χ1n) is 29.8. The lowest BCUT2D eigenvalue weighted by atomic mass is 9.96. The molecule has 3 aliphatic rings. The van der Waals surface area contributed by atoms with Crippen molar-refractivity contribution in [1.82, 2.24) is 41.3 Å². The molecule has 88 heavy (non-hydrogen) atoms. The maximum absolute atomic E-state index is 14.8. The van der Waals surface area contributed by atoms with Crippen molar-refractivity contribution in [3.8, 4) is 33.8 Å². The number of nitrogens with one attached hydrogen (secondary N) is 5. The van der Waals surface area contributed by atoms with Crippen LogP contribution in [0.4, 0.5) is 0 Å². The molecule has 0 saturated carbocycles. The zero-order valence-electron chi connectivity index (χ0n) is 50.3. The van der Waals surface area contributed by atoms with Crippen LogP contribution in [0.3, 0.4) is 0 Å². The molecule has 25 nitrogen and oxygen atoms in total. The fourth-order valence-electron chi connectivity index (χ4n) is 10.9. The second kappa shape index (κ2) is 31.0. The zero-order valence-corrected chi connectivity index (χ0v) is 50.3. The normalized spacial score (nSPS) is 26.5. The number of fused-ring (bicyclic) bond motifs is 2. The Bertz CT molecular complexity index is 3010. The number of aliphatic hydroxyl groups is 7. The highest BCUT2D eigenvalue weighted by Crippen LogP contribution is 2.30. The van der Waals surface area contributed by atoms with Gasteiger partial charge in [-0.05, 0) is 98.1 Å². The van der Waals surface area contributed by atoms with E-state index in [0.29, 0.717) is 13.2 Å². The Hall–Kier alpha value is -7.59. The van der Waals surface area contributed by atoms with Crippen LogP contribution < -0.4 is 31.3 Å². The Balaban J connectivity index is 1.23. The van der Waals surface area contributed by atoms with Gasteiger partial charge in [-0.25, -0.2) is 0 Å². The van der Waals surface area contributed by atoms with Gasteiger partial charge in [0.25, 0.3) is 5.91 Å². The predicted molar refractivity (Wildman–Crippen MR) is 320 cm³/mol. The summed E-state index contributed by atoms with van der Waals surface area (Å²) in [6.07, 6.45) is -12.6. The van der Waals surface area contributed by atoms with Gasteiger partial charge in [0.05, 0.1) is 37.6 Å². The molecule has 3 saturated heterocycles. The molecular formula is C63H84N8O17. The summed E-state index contributed by atoms with van der Waals surface area (Å²) in [5.74, 6) is -8.25. The van der Waals surface area contributed by atoms with Crippen molar-refractivity contribution in [2.24, 2.45) is 5.92 Å². The minimum Gasteiger partial charge on any atom is -0.508 e. The van der Waals surface area contributed by atoms with Crippen molar-refractivity contribution in [3.63, 3.8) is 0 Å². The molecule has 13 N–H and O–H groups in total. The number of hydrogen-bond acceptors (Lipinski definition) is 18. The van der Waals surface area contributed by atoms with Gasteiger partial charge in [-0.2, -0.15) is 0 Å². The van der Waals surface area contributed by atoms with Gasteiger partial charge in [0.15, 0.2) is 6.23 Å². The largest absolute Gasteiger partial charge is 0.508 e. The Labute approximate surface area is 511 Å². The molecular weight excluding hydrogens is 1140 g/mol. The molecule has 0 spiro atoms. The van der Waals surface area contributed by atoms with Crippen molar-refractivity contribution < 1.29 is 83.9 Å². The zero-order chi connectivity index (χ0) is 64.1. The lowest BCUT2D eigenvalue weighted by Crippen LogP contribution is -2.64. The maximum Gasteiger partial charge on any atom is 0.251 e. The molecule has 3 aliphatic heterocycles. The summed E-state index contributed by atoms with van der Waals surface area (Å²) in [7, 11) is 1.77. The number of likely N-dealkylation sites (N-methyl/N-ethyl adjacent to an activating group) is 1. The number of aromatic hydroxyl groups is 1. The van der Waals surface area contributed by atoms with Gasteiger partial charge in [0, 0.05) is 44.0 Å². The molecule has 25 heteroatoms. The third-order valence-electron chi connectivity index (χ3n) is 16.3. The second-order valence-corrected chi connectivity index (χ2v) is 23.0. The first-order chi connectivity index (χ1) is 41.9. The molecule has 0 unspecified atom stereocenters. The van der Waals surface area contributed by atoms with Crippen LogP contribution in [0.15, 0.2) is 97.1 Å². The molecule has 7 rings (SSSR count). The van der Waals surface area contributed by atoms with Crippen molar-refractivity contribution in [2.45, 2.75) is 152 Å². The van der Waals surface area contributed by atoms with Crippen molar-refractivity contribution in [3.05, 3.63) is 108 Å². The SMILES string of the molecule is CCCCCOc1ccc(-c2ccc(-c3ccc(C(=O)N[C@H]4C[C@@H](O)[C@@H](OCCN(C)CC)NC(=O)[C@@H]5[C@@H](O)[C@@H](C)CN5C(=O)[C@H]([C@@H](C)O)NC(=O)[C@H]([C@H](O)[C@@H](O)c5ccc(O)cc5)NC(=O)[C@@H]5C[C@@H](O)CN5C(=O)[C@H]([C@@H](C)O)NC4=O)cc3)cc2)cc1. The van der Waals surface area contributed by atoms with E-state index in [9.17, 15) is 74.4 Å². The van der Waals surface area contributed by atoms with Crippen LogP contribution in [0.25, 0.3) is 22.3 Å². The summed E-state index contributed by atoms with van der Waals surface area (Å²) >= 11 is 0. The van der Waals surface area contributed by atoms with Crippen LogP contribution >= 0.6 is 0 Å². The third-order valence-corrected chi connectivity index (χ3v) is 16.3. The van der Waals surface area contributed by atoms with Crippen LogP contribution in [0.2, 0.25) is 0 Å². The van der Waals surface area contributed by atoms with Gasteiger partial charge in [0.2, 0.25) is 35.4 Å². The molecule has 15 atom stereocenters. The van der Waals surface area contributed by atoms with Crippen LogP contribution in [0.1, 0.15) is 88.7 Å². The summed E-state index contributed by atoms with van der Waals surface area (Å²) in [6, 6.07) is 15.3. The number of amides is 7. The number of ether oxygens (including phenoxy) is 2. The van der Waals surface area contributed by atoms with Crippen LogP contribution in [0, 0.1) is 5.92 Å². The van der Waals surface area contributed by atoms with Gasteiger partial charge in [0.1, 0.15) is 66.1 Å². The first-order valence-corrected chi connectivity index (χ1v) is 29.8. The van der Waals surface area contributed by atoms with E-state index in [1.165, 1.54) is 43.3 Å². The number of carbonyl (C=O) groups excluding carboxylic acids is 7. The van der Waals surface area contributed by atoms with Gasteiger partial charge in [-0.3, -0.25) is 33.6 Å². The molecule has 0 aliphatic carbocycles. The topological polar surface area (TPSA) is 370 Å². The first kappa shape index (κ1) is 67.9. The van der Waals surface area contributed by atoms with Crippen LogP contribution in [-0.4, -0.2) is 222 Å². The van der Waals surface area contributed by atoms with Gasteiger partial charge >= 0.3 is 0 Å². The van der Waals surface area contributed by atoms with E-state index >= 15 is 0 Å². The fourth-order valence-corrected chi connectivity index (χ4v) is 10.9. The van der Waals surface area contributed by atoms with Crippen LogP contribution in [-0.2, 0) is 33.5 Å².